The molecule has 1 aromatic heterocycles. The Balaban J connectivity index is 0.000000861. The third kappa shape index (κ3) is 4.46. The van der Waals surface area contributed by atoms with Crippen molar-refractivity contribution in [3.63, 3.8) is 0 Å². The van der Waals surface area contributed by atoms with Gasteiger partial charge >= 0.3 is 0 Å². The predicted octanol–water partition coefficient (Wildman–Crippen LogP) is 3.17. The summed E-state index contributed by atoms with van der Waals surface area (Å²) >= 11 is 0. The number of aryl methyl sites for hydroxylation is 1. The molecule has 0 aliphatic carbocycles. The van der Waals surface area contributed by atoms with Crippen LogP contribution in [0.4, 0.5) is 5.82 Å². The largest absolute Gasteiger partial charge is 0.377 e. The summed E-state index contributed by atoms with van der Waals surface area (Å²) in [6, 6.07) is 2.44. The summed E-state index contributed by atoms with van der Waals surface area (Å²) in [5.41, 5.74) is 1.07. The van der Waals surface area contributed by atoms with Crippen LogP contribution in [-0.4, -0.2) is 29.2 Å². The number of anilines is 1. The topological polar surface area (TPSA) is 47.0 Å². The Hall–Kier alpha value is -1.16. The molecular formula is C15H27N3O. The molecule has 0 bridgehead atoms. The van der Waals surface area contributed by atoms with Crippen LogP contribution in [0.25, 0.3) is 0 Å². The van der Waals surface area contributed by atoms with E-state index in [1.165, 1.54) is 0 Å². The molecule has 2 heterocycles. The Bertz CT molecular complexity index is 395. The summed E-state index contributed by atoms with van der Waals surface area (Å²) in [5.74, 6) is 1.83. The van der Waals surface area contributed by atoms with Crippen molar-refractivity contribution in [2.75, 3.05) is 18.5 Å². The number of aromatic nitrogens is 2. The van der Waals surface area contributed by atoms with Crippen LogP contribution >= 0.6 is 0 Å². The average molecular weight is 265 g/mol. The predicted molar refractivity (Wildman–Crippen MR) is 79.7 cm³/mol. The third-order valence-electron chi connectivity index (χ3n) is 2.80. The first kappa shape index (κ1) is 15.9. The highest BCUT2D eigenvalue weighted by Crippen LogP contribution is 2.21. The Labute approximate surface area is 117 Å². The van der Waals surface area contributed by atoms with Crippen molar-refractivity contribution >= 4 is 5.82 Å². The minimum Gasteiger partial charge on any atom is -0.377 e. The van der Waals surface area contributed by atoms with E-state index >= 15 is 0 Å². The maximum absolute atomic E-state index is 5.16. The summed E-state index contributed by atoms with van der Waals surface area (Å²) in [5, 5.41) is 3.39. The number of nitrogens with one attached hydrogen (secondary N) is 1. The summed E-state index contributed by atoms with van der Waals surface area (Å²) in [6.45, 7) is 14.1. The SMILES string of the molecule is CC.CCc1cc(NC2COC2)nc(C(C)(C)C)n1. The molecule has 0 radical (unpaired) electrons. The van der Waals surface area contributed by atoms with Gasteiger partial charge in [-0.1, -0.05) is 41.5 Å². The number of nitrogens with zero attached hydrogens (tertiary/aromatic N) is 2. The summed E-state index contributed by atoms with van der Waals surface area (Å²) in [4.78, 5) is 9.19. The highest BCUT2D eigenvalue weighted by Gasteiger charge is 2.22. The third-order valence-corrected chi connectivity index (χ3v) is 2.80. The zero-order valence-corrected chi connectivity index (χ0v) is 13.1. The summed E-state index contributed by atoms with van der Waals surface area (Å²) in [7, 11) is 0. The highest BCUT2D eigenvalue weighted by atomic mass is 16.5. The first-order valence-electron chi connectivity index (χ1n) is 7.21. The van der Waals surface area contributed by atoms with E-state index in [0.717, 1.165) is 37.0 Å². The van der Waals surface area contributed by atoms with Crippen LogP contribution in [0.5, 0.6) is 0 Å². The van der Waals surface area contributed by atoms with E-state index in [4.69, 9.17) is 4.74 Å². The summed E-state index contributed by atoms with van der Waals surface area (Å²) < 4.78 is 5.16. The van der Waals surface area contributed by atoms with Gasteiger partial charge in [0.25, 0.3) is 0 Å². The molecule has 19 heavy (non-hydrogen) atoms. The zero-order valence-electron chi connectivity index (χ0n) is 13.1. The van der Waals surface area contributed by atoms with Gasteiger partial charge in [0.2, 0.25) is 0 Å². The Morgan fingerprint density at radius 1 is 1.26 bits per heavy atom. The van der Waals surface area contributed by atoms with Crippen LogP contribution in [-0.2, 0) is 16.6 Å². The number of ether oxygens (including phenoxy) is 1. The molecular weight excluding hydrogens is 238 g/mol. The molecule has 1 fully saturated rings. The maximum Gasteiger partial charge on any atom is 0.136 e. The van der Waals surface area contributed by atoms with Crippen LogP contribution in [0.3, 0.4) is 0 Å². The monoisotopic (exact) mass is 265 g/mol. The van der Waals surface area contributed by atoms with Crippen molar-refractivity contribution in [3.05, 3.63) is 17.6 Å². The van der Waals surface area contributed by atoms with Crippen LogP contribution < -0.4 is 5.32 Å². The lowest BCUT2D eigenvalue weighted by Gasteiger charge is -2.28. The van der Waals surface area contributed by atoms with E-state index in [9.17, 15) is 0 Å². The average Bonchev–Trinajstić information content (AvgIpc) is 2.35. The van der Waals surface area contributed by atoms with E-state index < -0.39 is 0 Å². The van der Waals surface area contributed by atoms with Gasteiger partial charge in [-0.05, 0) is 6.42 Å². The minimum absolute atomic E-state index is 0.0161. The molecule has 0 saturated carbocycles. The molecule has 0 aromatic carbocycles. The molecule has 1 aliphatic rings. The fourth-order valence-electron chi connectivity index (χ4n) is 1.62. The van der Waals surface area contributed by atoms with Crippen molar-refractivity contribution < 1.29 is 4.74 Å². The summed E-state index contributed by atoms with van der Waals surface area (Å²) in [6.07, 6.45) is 0.932. The van der Waals surface area contributed by atoms with Crippen molar-refractivity contribution in [3.8, 4) is 0 Å². The number of rotatable bonds is 3. The Morgan fingerprint density at radius 3 is 2.32 bits per heavy atom. The van der Waals surface area contributed by atoms with Gasteiger partial charge in [-0.15, -0.1) is 0 Å². The molecule has 1 aromatic rings. The Morgan fingerprint density at radius 2 is 1.89 bits per heavy atom. The van der Waals surface area contributed by atoms with Gasteiger partial charge in [0.05, 0.1) is 19.3 Å². The van der Waals surface area contributed by atoms with Gasteiger partial charge in [-0.2, -0.15) is 0 Å². The lowest BCUT2D eigenvalue weighted by Crippen LogP contribution is -2.40. The second kappa shape index (κ2) is 6.85. The molecule has 1 N–H and O–H groups in total. The maximum atomic E-state index is 5.16. The molecule has 0 amide bonds. The highest BCUT2D eigenvalue weighted by molar-refractivity contribution is 5.38. The molecule has 1 aliphatic heterocycles. The smallest absolute Gasteiger partial charge is 0.136 e. The quantitative estimate of drug-likeness (QED) is 0.912. The number of hydrogen-bond donors (Lipinski definition) is 1. The lowest BCUT2D eigenvalue weighted by atomic mass is 9.95. The van der Waals surface area contributed by atoms with Gasteiger partial charge in [0, 0.05) is 17.2 Å². The van der Waals surface area contributed by atoms with E-state index in [-0.39, 0.29) is 5.41 Å². The van der Waals surface area contributed by atoms with Crippen LogP contribution in [0.1, 0.15) is 53.1 Å². The van der Waals surface area contributed by atoms with E-state index in [1.54, 1.807) is 0 Å². The Kier molecular flexibility index (Phi) is 5.73. The molecule has 4 heteroatoms. The van der Waals surface area contributed by atoms with Crippen molar-refractivity contribution in [1.29, 1.82) is 0 Å². The van der Waals surface area contributed by atoms with Gasteiger partial charge in [0.1, 0.15) is 11.6 Å². The second-order valence-corrected chi connectivity index (χ2v) is 5.55. The molecule has 0 unspecified atom stereocenters. The lowest BCUT2D eigenvalue weighted by molar-refractivity contribution is 0.0209. The van der Waals surface area contributed by atoms with Crippen molar-refractivity contribution in [2.24, 2.45) is 0 Å². The van der Waals surface area contributed by atoms with Crippen molar-refractivity contribution in [2.45, 2.75) is 59.4 Å². The second-order valence-electron chi connectivity index (χ2n) is 5.55. The van der Waals surface area contributed by atoms with E-state index in [2.05, 4.69) is 43.0 Å². The fourth-order valence-corrected chi connectivity index (χ4v) is 1.62. The molecule has 108 valence electrons. The first-order chi connectivity index (χ1) is 8.99. The molecule has 0 spiro atoms. The van der Waals surface area contributed by atoms with Crippen LogP contribution in [0, 0.1) is 0 Å². The van der Waals surface area contributed by atoms with Gasteiger partial charge in [-0.25, -0.2) is 9.97 Å². The van der Waals surface area contributed by atoms with Gasteiger partial charge in [0.15, 0.2) is 0 Å². The number of hydrogen-bond acceptors (Lipinski definition) is 4. The van der Waals surface area contributed by atoms with Gasteiger partial charge < -0.3 is 10.1 Å². The van der Waals surface area contributed by atoms with Crippen LogP contribution in [0.2, 0.25) is 0 Å². The van der Waals surface area contributed by atoms with E-state index in [1.807, 2.05) is 19.9 Å². The molecule has 2 rings (SSSR count). The van der Waals surface area contributed by atoms with E-state index in [0.29, 0.717) is 6.04 Å². The first-order valence-corrected chi connectivity index (χ1v) is 7.21. The van der Waals surface area contributed by atoms with Gasteiger partial charge in [-0.3, -0.25) is 0 Å². The fraction of sp³-hybridized carbons (Fsp3) is 0.733. The van der Waals surface area contributed by atoms with Crippen molar-refractivity contribution in [1.82, 2.24) is 9.97 Å². The standard InChI is InChI=1S/C13H21N3O.C2H6/c1-5-9-6-11(14-10-7-17-8-10)16-12(15-9)13(2,3)4;1-2/h6,10H,5,7-8H2,1-4H3,(H,14,15,16);1-2H3. The zero-order chi connectivity index (χ0) is 14.5. The normalized spacial score (nSPS) is 15.3. The molecule has 4 nitrogen and oxygen atoms in total. The molecule has 0 atom stereocenters. The molecule has 1 saturated heterocycles. The van der Waals surface area contributed by atoms with Crippen LogP contribution in [0.15, 0.2) is 6.07 Å². The minimum atomic E-state index is -0.0161.